The molecule has 0 aromatic rings. The second-order valence-corrected chi connectivity index (χ2v) is 3.86. The molecule has 1 rings (SSSR count). The molecule has 4 nitrogen and oxygen atoms in total. The van der Waals surface area contributed by atoms with Crippen molar-refractivity contribution in [2.24, 2.45) is 0 Å². The van der Waals surface area contributed by atoms with Gasteiger partial charge in [0.15, 0.2) is 0 Å². The zero-order chi connectivity index (χ0) is 11.1. The van der Waals surface area contributed by atoms with Crippen LogP contribution >= 0.6 is 0 Å². The van der Waals surface area contributed by atoms with Gasteiger partial charge in [0, 0.05) is 13.1 Å². The molecular weight excluding hydrogens is 192 g/mol. The minimum Gasteiger partial charge on any atom is -0.480 e. The van der Waals surface area contributed by atoms with E-state index in [0.717, 1.165) is 26.2 Å². The monoisotopic (exact) mass is 210 g/mol. The van der Waals surface area contributed by atoms with Gasteiger partial charge in [0.2, 0.25) is 0 Å². The van der Waals surface area contributed by atoms with Crippen molar-refractivity contribution in [3.8, 4) is 12.3 Å². The van der Waals surface area contributed by atoms with E-state index in [0.29, 0.717) is 6.54 Å². The van der Waals surface area contributed by atoms with Crippen LogP contribution in [-0.2, 0) is 4.79 Å². The predicted octanol–water partition coefficient (Wildman–Crippen LogP) is 0.102. The van der Waals surface area contributed by atoms with Gasteiger partial charge >= 0.3 is 5.97 Å². The molecule has 0 atom stereocenters. The first-order valence-electron chi connectivity index (χ1n) is 5.32. The highest BCUT2D eigenvalue weighted by Crippen LogP contribution is 2.06. The summed E-state index contributed by atoms with van der Waals surface area (Å²) in [5.74, 6) is 1.68. The predicted molar refractivity (Wildman–Crippen MR) is 58.6 cm³/mol. The Hall–Kier alpha value is -1.05. The Morgan fingerprint density at radius 1 is 1.47 bits per heavy atom. The second-order valence-electron chi connectivity index (χ2n) is 3.86. The molecule has 0 aromatic heterocycles. The molecule has 1 saturated heterocycles. The fourth-order valence-electron chi connectivity index (χ4n) is 1.82. The van der Waals surface area contributed by atoms with Crippen LogP contribution < -0.4 is 0 Å². The maximum Gasteiger partial charge on any atom is 0.317 e. The fraction of sp³-hybridized carbons (Fsp3) is 0.727. The molecule has 0 spiro atoms. The van der Waals surface area contributed by atoms with Crippen molar-refractivity contribution >= 4 is 5.97 Å². The summed E-state index contributed by atoms with van der Waals surface area (Å²) in [5, 5.41) is 8.68. The van der Waals surface area contributed by atoms with Crippen LogP contribution in [0, 0.1) is 12.3 Å². The van der Waals surface area contributed by atoms with Gasteiger partial charge in [-0.2, -0.15) is 0 Å². The van der Waals surface area contributed by atoms with E-state index in [1.165, 1.54) is 12.8 Å². The Balaban J connectivity index is 2.24. The molecule has 0 aromatic carbocycles. The van der Waals surface area contributed by atoms with E-state index >= 15 is 0 Å². The van der Waals surface area contributed by atoms with Crippen LogP contribution in [0.3, 0.4) is 0 Å². The summed E-state index contributed by atoms with van der Waals surface area (Å²) < 4.78 is 0. The Bertz CT molecular complexity index is 241. The molecular formula is C11H18N2O2. The van der Waals surface area contributed by atoms with Gasteiger partial charge < -0.3 is 10.0 Å². The van der Waals surface area contributed by atoms with E-state index in [1.807, 2.05) is 0 Å². The van der Waals surface area contributed by atoms with E-state index < -0.39 is 5.97 Å². The normalized spacial score (nSPS) is 16.8. The van der Waals surface area contributed by atoms with E-state index in [9.17, 15) is 4.79 Å². The topological polar surface area (TPSA) is 43.8 Å². The van der Waals surface area contributed by atoms with Gasteiger partial charge in [0.25, 0.3) is 0 Å². The number of hydrogen-bond acceptors (Lipinski definition) is 3. The first-order valence-corrected chi connectivity index (χ1v) is 5.32. The first kappa shape index (κ1) is 12.0. The van der Waals surface area contributed by atoms with Crippen molar-refractivity contribution < 1.29 is 9.90 Å². The largest absolute Gasteiger partial charge is 0.480 e. The smallest absolute Gasteiger partial charge is 0.317 e. The van der Waals surface area contributed by atoms with Crippen molar-refractivity contribution in [2.75, 3.05) is 39.3 Å². The summed E-state index contributed by atoms with van der Waals surface area (Å²) in [5.41, 5.74) is 0. The highest BCUT2D eigenvalue weighted by atomic mass is 16.4. The van der Waals surface area contributed by atoms with Gasteiger partial charge in [-0.15, -0.1) is 6.42 Å². The minimum absolute atomic E-state index is 0.0397. The maximum absolute atomic E-state index is 10.6. The summed E-state index contributed by atoms with van der Waals surface area (Å²) in [6.07, 6.45) is 7.71. The number of carboxylic acid groups (broad SMARTS) is 1. The van der Waals surface area contributed by atoms with Crippen LogP contribution in [0.2, 0.25) is 0 Å². The molecule has 0 saturated carbocycles. The summed E-state index contributed by atoms with van der Waals surface area (Å²) in [6, 6.07) is 0. The van der Waals surface area contributed by atoms with Crippen molar-refractivity contribution in [3.05, 3.63) is 0 Å². The average molecular weight is 210 g/mol. The summed E-state index contributed by atoms with van der Waals surface area (Å²) in [4.78, 5) is 14.7. The lowest BCUT2D eigenvalue weighted by atomic mass is 10.4. The number of aliphatic carboxylic acids is 1. The summed E-state index contributed by atoms with van der Waals surface area (Å²) in [6.45, 7) is 4.40. The Morgan fingerprint density at radius 2 is 2.13 bits per heavy atom. The second kappa shape index (κ2) is 6.44. The van der Waals surface area contributed by atoms with E-state index in [1.54, 1.807) is 4.90 Å². The van der Waals surface area contributed by atoms with Crippen LogP contribution in [0.25, 0.3) is 0 Å². The van der Waals surface area contributed by atoms with Crippen LogP contribution in [0.1, 0.15) is 12.8 Å². The molecule has 1 fully saturated rings. The molecule has 4 heteroatoms. The zero-order valence-corrected chi connectivity index (χ0v) is 8.98. The Labute approximate surface area is 90.9 Å². The lowest BCUT2D eigenvalue weighted by Crippen LogP contribution is -2.37. The van der Waals surface area contributed by atoms with Gasteiger partial charge in [-0.1, -0.05) is 5.92 Å². The maximum atomic E-state index is 10.6. The number of likely N-dealkylation sites (tertiary alicyclic amines) is 1. The molecule has 0 aliphatic carbocycles. The third kappa shape index (κ3) is 4.82. The van der Waals surface area contributed by atoms with Crippen molar-refractivity contribution in [1.29, 1.82) is 0 Å². The molecule has 84 valence electrons. The number of nitrogens with zero attached hydrogens (tertiary/aromatic N) is 2. The number of terminal acetylenes is 1. The van der Waals surface area contributed by atoms with Crippen LogP contribution in [0.15, 0.2) is 0 Å². The van der Waals surface area contributed by atoms with Gasteiger partial charge in [-0.25, -0.2) is 0 Å². The van der Waals surface area contributed by atoms with Crippen LogP contribution in [-0.4, -0.2) is 60.1 Å². The van der Waals surface area contributed by atoms with Gasteiger partial charge in [0.1, 0.15) is 0 Å². The fourth-order valence-corrected chi connectivity index (χ4v) is 1.82. The number of rotatable bonds is 6. The molecule has 1 N–H and O–H groups in total. The zero-order valence-electron chi connectivity index (χ0n) is 8.98. The van der Waals surface area contributed by atoms with Gasteiger partial charge in [0.05, 0.1) is 13.1 Å². The molecule has 0 radical (unpaired) electrons. The van der Waals surface area contributed by atoms with Gasteiger partial charge in [-0.3, -0.25) is 9.69 Å². The van der Waals surface area contributed by atoms with E-state index in [2.05, 4.69) is 10.8 Å². The molecule has 1 aliphatic heterocycles. The first-order chi connectivity index (χ1) is 7.22. The summed E-state index contributed by atoms with van der Waals surface area (Å²) >= 11 is 0. The third-order valence-corrected chi connectivity index (χ3v) is 2.60. The molecule has 0 unspecified atom stereocenters. The van der Waals surface area contributed by atoms with Crippen LogP contribution in [0.5, 0.6) is 0 Å². The SMILES string of the molecule is C#CCN(CCN1CCCC1)CC(=O)O. The minimum atomic E-state index is -0.813. The molecule has 1 heterocycles. The quantitative estimate of drug-likeness (QED) is 0.632. The number of hydrogen-bond donors (Lipinski definition) is 1. The Morgan fingerprint density at radius 3 is 2.67 bits per heavy atom. The number of carboxylic acids is 1. The standard InChI is InChI=1S/C11H18N2O2/c1-2-5-13(10-11(14)15)9-8-12-6-3-4-7-12/h1H,3-10H2,(H,14,15). The third-order valence-electron chi connectivity index (χ3n) is 2.60. The average Bonchev–Trinajstić information content (AvgIpc) is 2.66. The molecule has 0 bridgehead atoms. The van der Waals surface area contributed by atoms with E-state index in [-0.39, 0.29) is 6.54 Å². The van der Waals surface area contributed by atoms with E-state index in [4.69, 9.17) is 11.5 Å². The van der Waals surface area contributed by atoms with Gasteiger partial charge in [-0.05, 0) is 25.9 Å². The lowest BCUT2D eigenvalue weighted by Gasteiger charge is -2.21. The molecule has 1 aliphatic rings. The van der Waals surface area contributed by atoms with Crippen molar-refractivity contribution in [1.82, 2.24) is 9.80 Å². The van der Waals surface area contributed by atoms with Crippen molar-refractivity contribution in [3.63, 3.8) is 0 Å². The summed E-state index contributed by atoms with van der Waals surface area (Å²) in [7, 11) is 0. The highest BCUT2D eigenvalue weighted by Gasteiger charge is 2.14. The highest BCUT2D eigenvalue weighted by molar-refractivity contribution is 5.69. The number of carbonyl (C=O) groups is 1. The lowest BCUT2D eigenvalue weighted by molar-refractivity contribution is -0.138. The van der Waals surface area contributed by atoms with Crippen molar-refractivity contribution in [2.45, 2.75) is 12.8 Å². The van der Waals surface area contributed by atoms with Crippen LogP contribution in [0.4, 0.5) is 0 Å². The molecule has 0 amide bonds. The molecule has 15 heavy (non-hydrogen) atoms. The Kier molecular flexibility index (Phi) is 5.16.